The second-order valence-electron chi connectivity index (χ2n) is 4.66. The van der Waals surface area contributed by atoms with Gasteiger partial charge in [-0.3, -0.25) is 0 Å². The van der Waals surface area contributed by atoms with Crippen LogP contribution in [-0.4, -0.2) is 29.5 Å². The van der Waals surface area contributed by atoms with Crippen molar-refractivity contribution in [3.05, 3.63) is 73.3 Å². The first kappa shape index (κ1) is 12.5. The molecule has 106 valence electrons. The van der Waals surface area contributed by atoms with Gasteiger partial charge in [-0.1, -0.05) is 12.1 Å². The summed E-state index contributed by atoms with van der Waals surface area (Å²) in [4.78, 5) is 9.23. The van der Waals surface area contributed by atoms with Crippen LogP contribution in [0.25, 0.3) is 23.0 Å². The predicted octanol–water partition coefficient (Wildman–Crippen LogP) is 2.51. The van der Waals surface area contributed by atoms with Crippen molar-refractivity contribution in [1.29, 1.82) is 0 Å². The molecular formula is C16H12N6. The molecule has 0 aliphatic carbocycles. The number of aromatic nitrogens is 6. The number of nitrogens with zero attached hydrogens (tertiary/aromatic N) is 6. The lowest BCUT2D eigenvalue weighted by atomic mass is 10.2. The summed E-state index contributed by atoms with van der Waals surface area (Å²) in [6.45, 7) is 0. The van der Waals surface area contributed by atoms with Gasteiger partial charge in [0, 0.05) is 24.8 Å². The lowest BCUT2D eigenvalue weighted by Crippen LogP contribution is -2.01. The predicted molar refractivity (Wildman–Crippen MR) is 81.7 cm³/mol. The lowest BCUT2D eigenvalue weighted by molar-refractivity contribution is 0.841. The monoisotopic (exact) mass is 288 g/mol. The van der Waals surface area contributed by atoms with Gasteiger partial charge in [0.05, 0.1) is 11.4 Å². The topological polar surface area (TPSA) is 61.4 Å². The van der Waals surface area contributed by atoms with E-state index in [0.717, 1.165) is 23.0 Å². The van der Waals surface area contributed by atoms with Crippen LogP contribution in [0.4, 0.5) is 0 Å². The van der Waals surface area contributed by atoms with E-state index < -0.39 is 0 Å². The van der Waals surface area contributed by atoms with Crippen molar-refractivity contribution in [1.82, 2.24) is 29.5 Å². The Balaban J connectivity index is 1.76. The third kappa shape index (κ3) is 2.26. The fourth-order valence-corrected chi connectivity index (χ4v) is 2.20. The standard InChI is InChI=1S/C16H12N6/c1-5-13(19-15(7-1)21-11-3-9-17-21)14-6-2-8-16(20-14)22-12-4-10-18-22/h1-12H. The fourth-order valence-electron chi connectivity index (χ4n) is 2.20. The molecule has 22 heavy (non-hydrogen) atoms. The van der Waals surface area contributed by atoms with Crippen LogP contribution in [0.1, 0.15) is 0 Å². The van der Waals surface area contributed by atoms with Crippen molar-refractivity contribution in [3.8, 4) is 23.0 Å². The van der Waals surface area contributed by atoms with E-state index >= 15 is 0 Å². The Hall–Kier alpha value is -3.28. The minimum Gasteiger partial charge on any atom is -0.227 e. The van der Waals surface area contributed by atoms with E-state index in [1.54, 1.807) is 21.8 Å². The van der Waals surface area contributed by atoms with Crippen LogP contribution in [-0.2, 0) is 0 Å². The van der Waals surface area contributed by atoms with E-state index in [4.69, 9.17) is 0 Å². The molecule has 4 heterocycles. The summed E-state index contributed by atoms with van der Waals surface area (Å²) in [6, 6.07) is 15.3. The molecule has 0 atom stereocenters. The average Bonchev–Trinajstić information content (AvgIpc) is 3.29. The Morgan fingerprint density at radius 1 is 0.591 bits per heavy atom. The number of rotatable bonds is 3. The summed E-state index contributed by atoms with van der Waals surface area (Å²) in [5.74, 6) is 1.52. The molecule has 4 aromatic rings. The van der Waals surface area contributed by atoms with E-state index in [1.165, 1.54) is 0 Å². The first-order valence-corrected chi connectivity index (χ1v) is 6.85. The molecule has 0 fully saturated rings. The first-order valence-electron chi connectivity index (χ1n) is 6.85. The Labute approximate surface area is 126 Å². The molecule has 0 spiro atoms. The molecule has 0 aliphatic heterocycles. The second-order valence-corrected chi connectivity index (χ2v) is 4.66. The molecule has 0 saturated heterocycles. The third-order valence-corrected chi connectivity index (χ3v) is 3.21. The largest absolute Gasteiger partial charge is 0.227 e. The zero-order valence-corrected chi connectivity index (χ0v) is 11.6. The van der Waals surface area contributed by atoms with Crippen LogP contribution in [0.2, 0.25) is 0 Å². The highest BCUT2D eigenvalue weighted by Gasteiger charge is 2.06. The summed E-state index contributed by atoms with van der Waals surface area (Å²) in [5, 5.41) is 8.40. The highest BCUT2D eigenvalue weighted by atomic mass is 15.3. The third-order valence-electron chi connectivity index (χ3n) is 3.21. The van der Waals surface area contributed by atoms with Gasteiger partial charge in [-0.15, -0.1) is 0 Å². The van der Waals surface area contributed by atoms with E-state index in [9.17, 15) is 0 Å². The molecule has 0 N–H and O–H groups in total. The van der Waals surface area contributed by atoms with Crippen molar-refractivity contribution in [2.75, 3.05) is 0 Å². The lowest BCUT2D eigenvalue weighted by Gasteiger charge is -2.06. The smallest absolute Gasteiger partial charge is 0.154 e. The van der Waals surface area contributed by atoms with Crippen LogP contribution >= 0.6 is 0 Å². The average molecular weight is 288 g/mol. The van der Waals surface area contributed by atoms with Crippen molar-refractivity contribution in [2.24, 2.45) is 0 Å². The molecule has 0 aromatic carbocycles. The Kier molecular flexibility index (Phi) is 2.97. The maximum atomic E-state index is 4.62. The number of pyridine rings is 2. The Bertz CT molecular complexity index is 805. The summed E-state index contributed by atoms with van der Waals surface area (Å²) in [7, 11) is 0. The molecule has 0 radical (unpaired) electrons. The summed E-state index contributed by atoms with van der Waals surface area (Å²) < 4.78 is 3.45. The van der Waals surface area contributed by atoms with Crippen LogP contribution in [0.3, 0.4) is 0 Å². The van der Waals surface area contributed by atoms with E-state index in [2.05, 4.69) is 20.2 Å². The van der Waals surface area contributed by atoms with Crippen molar-refractivity contribution in [3.63, 3.8) is 0 Å². The Morgan fingerprint density at radius 3 is 1.50 bits per heavy atom. The number of hydrogen-bond acceptors (Lipinski definition) is 4. The normalized spacial score (nSPS) is 10.7. The second kappa shape index (κ2) is 5.25. The SMILES string of the molecule is c1cc(-c2cccc(-n3cccn3)n2)nc(-n2cccn2)c1. The van der Waals surface area contributed by atoms with Gasteiger partial charge < -0.3 is 0 Å². The van der Waals surface area contributed by atoms with E-state index in [-0.39, 0.29) is 0 Å². The minimum atomic E-state index is 0.758. The van der Waals surface area contributed by atoms with Crippen LogP contribution < -0.4 is 0 Å². The highest BCUT2D eigenvalue weighted by molar-refractivity contribution is 5.56. The fraction of sp³-hybridized carbons (Fsp3) is 0. The molecular weight excluding hydrogens is 276 g/mol. The molecule has 4 rings (SSSR count). The molecule has 6 nitrogen and oxygen atoms in total. The van der Waals surface area contributed by atoms with Gasteiger partial charge in [0.2, 0.25) is 0 Å². The molecule has 6 heteroatoms. The van der Waals surface area contributed by atoms with Gasteiger partial charge in [-0.25, -0.2) is 19.3 Å². The zero-order chi connectivity index (χ0) is 14.8. The highest BCUT2D eigenvalue weighted by Crippen LogP contribution is 2.17. The zero-order valence-electron chi connectivity index (χ0n) is 11.6. The van der Waals surface area contributed by atoms with Gasteiger partial charge in [0.1, 0.15) is 0 Å². The summed E-state index contributed by atoms with van der Waals surface area (Å²) in [5.41, 5.74) is 1.59. The molecule has 0 amide bonds. The van der Waals surface area contributed by atoms with E-state index in [0.29, 0.717) is 0 Å². The number of hydrogen-bond donors (Lipinski definition) is 0. The van der Waals surface area contributed by atoms with Crippen molar-refractivity contribution in [2.45, 2.75) is 0 Å². The van der Waals surface area contributed by atoms with Gasteiger partial charge in [0.25, 0.3) is 0 Å². The summed E-state index contributed by atoms with van der Waals surface area (Å²) >= 11 is 0. The first-order chi connectivity index (χ1) is 10.9. The van der Waals surface area contributed by atoms with Crippen LogP contribution in [0, 0.1) is 0 Å². The van der Waals surface area contributed by atoms with Crippen molar-refractivity contribution < 1.29 is 0 Å². The van der Waals surface area contributed by atoms with Crippen molar-refractivity contribution >= 4 is 0 Å². The van der Waals surface area contributed by atoms with Crippen LogP contribution in [0.5, 0.6) is 0 Å². The maximum Gasteiger partial charge on any atom is 0.154 e. The van der Waals surface area contributed by atoms with E-state index in [1.807, 2.05) is 60.9 Å². The maximum absolute atomic E-state index is 4.62. The summed E-state index contributed by atoms with van der Waals surface area (Å²) in [6.07, 6.45) is 7.18. The Morgan fingerprint density at radius 2 is 1.09 bits per heavy atom. The van der Waals surface area contributed by atoms with Crippen LogP contribution in [0.15, 0.2) is 73.3 Å². The van der Waals surface area contributed by atoms with Gasteiger partial charge in [-0.2, -0.15) is 10.2 Å². The quantitative estimate of drug-likeness (QED) is 0.581. The van der Waals surface area contributed by atoms with Gasteiger partial charge in [0.15, 0.2) is 11.6 Å². The molecule has 0 aliphatic rings. The molecule has 0 bridgehead atoms. The van der Waals surface area contributed by atoms with Gasteiger partial charge in [-0.05, 0) is 36.4 Å². The minimum absolute atomic E-state index is 0.758. The molecule has 0 unspecified atom stereocenters. The molecule has 0 saturated carbocycles. The molecule has 4 aromatic heterocycles. The van der Waals surface area contributed by atoms with Gasteiger partial charge >= 0.3 is 0 Å².